The van der Waals surface area contributed by atoms with E-state index < -0.39 is 0 Å². The molecule has 0 spiro atoms. The number of hydrogen-bond donors (Lipinski definition) is 1. The molecule has 3 heterocycles. The lowest BCUT2D eigenvalue weighted by molar-refractivity contribution is -0.136. The SMILES string of the molecule is CC1(CN2CCCC(C(=O)N3CCCC3)C2)CCNC1. The molecule has 3 rings (SSSR count). The largest absolute Gasteiger partial charge is 0.342 e. The van der Waals surface area contributed by atoms with E-state index in [4.69, 9.17) is 0 Å². The summed E-state index contributed by atoms with van der Waals surface area (Å²) < 4.78 is 0. The third-order valence-electron chi connectivity index (χ3n) is 5.33. The van der Waals surface area contributed by atoms with Crippen molar-refractivity contribution in [2.45, 2.75) is 39.0 Å². The molecule has 0 bridgehead atoms. The number of hydrogen-bond acceptors (Lipinski definition) is 3. The maximum atomic E-state index is 12.5. The molecule has 0 aromatic rings. The predicted molar refractivity (Wildman–Crippen MR) is 80.6 cm³/mol. The van der Waals surface area contributed by atoms with Crippen molar-refractivity contribution in [1.29, 1.82) is 0 Å². The molecule has 1 N–H and O–H groups in total. The molecule has 114 valence electrons. The number of carbonyl (C=O) groups is 1. The van der Waals surface area contributed by atoms with Crippen molar-refractivity contribution >= 4 is 5.91 Å². The van der Waals surface area contributed by atoms with Crippen LogP contribution < -0.4 is 5.32 Å². The monoisotopic (exact) mass is 279 g/mol. The van der Waals surface area contributed by atoms with Crippen LogP contribution in [-0.2, 0) is 4.79 Å². The van der Waals surface area contributed by atoms with Crippen LogP contribution in [0.15, 0.2) is 0 Å². The second kappa shape index (κ2) is 6.02. The van der Waals surface area contributed by atoms with E-state index in [1.54, 1.807) is 0 Å². The summed E-state index contributed by atoms with van der Waals surface area (Å²) in [7, 11) is 0. The van der Waals surface area contributed by atoms with Gasteiger partial charge in [0.1, 0.15) is 0 Å². The van der Waals surface area contributed by atoms with Crippen LogP contribution in [0.2, 0.25) is 0 Å². The predicted octanol–water partition coefficient (Wildman–Crippen LogP) is 1.32. The van der Waals surface area contributed by atoms with Crippen molar-refractivity contribution in [2.24, 2.45) is 11.3 Å². The van der Waals surface area contributed by atoms with Gasteiger partial charge in [0.15, 0.2) is 0 Å². The number of amides is 1. The molecule has 3 aliphatic heterocycles. The molecule has 3 saturated heterocycles. The molecule has 1 amide bonds. The topological polar surface area (TPSA) is 35.6 Å². The van der Waals surface area contributed by atoms with Gasteiger partial charge in [-0.1, -0.05) is 6.92 Å². The van der Waals surface area contributed by atoms with Crippen molar-refractivity contribution in [3.8, 4) is 0 Å². The highest BCUT2D eigenvalue weighted by molar-refractivity contribution is 5.79. The first-order valence-corrected chi connectivity index (χ1v) is 8.38. The zero-order valence-corrected chi connectivity index (χ0v) is 12.9. The molecule has 4 nitrogen and oxygen atoms in total. The number of nitrogens with zero attached hydrogens (tertiary/aromatic N) is 2. The van der Waals surface area contributed by atoms with Gasteiger partial charge in [-0.3, -0.25) is 4.79 Å². The Labute approximate surface area is 122 Å². The van der Waals surface area contributed by atoms with E-state index in [1.165, 1.54) is 32.2 Å². The summed E-state index contributed by atoms with van der Waals surface area (Å²) in [5.74, 6) is 0.696. The summed E-state index contributed by atoms with van der Waals surface area (Å²) in [6.45, 7) is 10.00. The normalized spacial score (nSPS) is 35.6. The fourth-order valence-corrected chi connectivity index (χ4v) is 4.14. The summed E-state index contributed by atoms with van der Waals surface area (Å²) in [5.41, 5.74) is 0.415. The standard InChI is InChI=1S/C16H29N3O/c1-16(6-7-17-12-16)13-18-8-4-5-14(11-18)15(20)19-9-2-3-10-19/h14,17H,2-13H2,1H3. The maximum absolute atomic E-state index is 12.5. The number of likely N-dealkylation sites (tertiary alicyclic amines) is 2. The highest BCUT2D eigenvalue weighted by atomic mass is 16.2. The minimum Gasteiger partial charge on any atom is -0.342 e. The van der Waals surface area contributed by atoms with E-state index in [-0.39, 0.29) is 5.92 Å². The zero-order valence-electron chi connectivity index (χ0n) is 12.9. The molecule has 4 heteroatoms. The van der Waals surface area contributed by atoms with Gasteiger partial charge in [-0.2, -0.15) is 0 Å². The number of piperidine rings is 1. The van der Waals surface area contributed by atoms with Crippen LogP contribution in [0.4, 0.5) is 0 Å². The fraction of sp³-hybridized carbons (Fsp3) is 0.938. The van der Waals surface area contributed by atoms with Gasteiger partial charge < -0.3 is 15.1 Å². The van der Waals surface area contributed by atoms with Crippen molar-refractivity contribution in [1.82, 2.24) is 15.1 Å². The lowest BCUT2D eigenvalue weighted by Crippen LogP contribution is -2.47. The van der Waals surface area contributed by atoms with Gasteiger partial charge in [-0.05, 0) is 50.6 Å². The molecule has 3 aliphatic rings. The average Bonchev–Trinajstić information content (AvgIpc) is 3.10. The Morgan fingerprint density at radius 3 is 2.75 bits per heavy atom. The first-order valence-electron chi connectivity index (χ1n) is 8.38. The molecule has 0 aliphatic carbocycles. The number of rotatable bonds is 3. The van der Waals surface area contributed by atoms with Crippen LogP contribution in [0.25, 0.3) is 0 Å². The van der Waals surface area contributed by atoms with Crippen LogP contribution in [0.1, 0.15) is 39.0 Å². The summed E-state index contributed by atoms with van der Waals surface area (Å²) in [4.78, 5) is 17.2. The van der Waals surface area contributed by atoms with Gasteiger partial charge in [0.05, 0.1) is 5.92 Å². The number of nitrogens with one attached hydrogen (secondary N) is 1. The molecule has 2 unspecified atom stereocenters. The van der Waals surface area contributed by atoms with E-state index in [0.717, 1.165) is 45.7 Å². The van der Waals surface area contributed by atoms with Gasteiger partial charge in [0, 0.05) is 32.7 Å². The molecular formula is C16H29N3O. The Morgan fingerprint density at radius 1 is 1.25 bits per heavy atom. The molecule has 20 heavy (non-hydrogen) atoms. The van der Waals surface area contributed by atoms with Gasteiger partial charge in [0.25, 0.3) is 0 Å². The van der Waals surface area contributed by atoms with E-state index in [2.05, 4.69) is 22.0 Å². The fourth-order valence-electron chi connectivity index (χ4n) is 4.14. The van der Waals surface area contributed by atoms with E-state index in [1.807, 2.05) is 0 Å². The van der Waals surface area contributed by atoms with Crippen molar-refractivity contribution in [3.63, 3.8) is 0 Å². The van der Waals surface area contributed by atoms with Crippen LogP contribution in [0.3, 0.4) is 0 Å². The Bertz CT molecular complexity index is 346. The molecule has 0 aromatic carbocycles. The second-order valence-corrected chi connectivity index (χ2v) is 7.34. The van der Waals surface area contributed by atoms with Gasteiger partial charge in [-0.25, -0.2) is 0 Å². The van der Waals surface area contributed by atoms with E-state index >= 15 is 0 Å². The lowest BCUT2D eigenvalue weighted by Gasteiger charge is -2.38. The molecule has 0 saturated carbocycles. The summed E-state index contributed by atoms with van der Waals surface area (Å²) in [6, 6.07) is 0. The molecule has 3 fully saturated rings. The smallest absolute Gasteiger partial charge is 0.226 e. The Balaban J connectivity index is 1.54. The van der Waals surface area contributed by atoms with E-state index in [9.17, 15) is 4.79 Å². The van der Waals surface area contributed by atoms with Gasteiger partial charge in [0.2, 0.25) is 5.91 Å². The Hall–Kier alpha value is -0.610. The molecular weight excluding hydrogens is 250 g/mol. The van der Waals surface area contributed by atoms with E-state index in [0.29, 0.717) is 11.3 Å². The van der Waals surface area contributed by atoms with Crippen molar-refractivity contribution in [3.05, 3.63) is 0 Å². The van der Waals surface area contributed by atoms with Crippen LogP contribution in [-0.4, -0.2) is 61.5 Å². The third kappa shape index (κ3) is 3.17. The first-order chi connectivity index (χ1) is 9.66. The highest BCUT2D eigenvalue weighted by Crippen LogP contribution is 2.29. The summed E-state index contributed by atoms with van der Waals surface area (Å²) in [5, 5.41) is 3.48. The van der Waals surface area contributed by atoms with Gasteiger partial charge >= 0.3 is 0 Å². The first kappa shape index (κ1) is 14.3. The molecule has 0 radical (unpaired) electrons. The third-order valence-corrected chi connectivity index (χ3v) is 5.33. The Kier molecular flexibility index (Phi) is 4.32. The number of carbonyl (C=O) groups excluding carboxylic acids is 1. The maximum Gasteiger partial charge on any atom is 0.226 e. The highest BCUT2D eigenvalue weighted by Gasteiger charge is 2.35. The second-order valence-electron chi connectivity index (χ2n) is 7.34. The van der Waals surface area contributed by atoms with Crippen LogP contribution in [0.5, 0.6) is 0 Å². The summed E-state index contributed by atoms with van der Waals surface area (Å²) >= 11 is 0. The minimum atomic E-state index is 0.264. The van der Waals surface area contributed by atoms with Crippen molar-refractivity contribution in [2.75, 3.05) is 45.8 Å². The molecule has 0 aromatic heterocycles. The minimum absolute atomic E-state index is 0.264. The quantitative estimate of drug-likeness (QED) is 0.846. The average molecular weight is 279 g/mol. The Morgan fingerprint density at radius 2 is 2.05 bits per heavy atom. The van der Waals surface area contributed by atoms with Crippen LogP contribution in [0, 0.1) is 11.3 Å². The lowest BCUT2D eigenvalue weighted by atomic mass is 9.87. The summed E-state index contributed by atoms with van der Waals surface area (Å²) in [6.07, 6.45) is 5.96. The van der Waals surface area contributed by atoms with Gasteiger partial charge in [-0.15, -0.1) is 0 Å². The van der Waals surface area contributed by atoms with Crippen molar-refractivity contribution < 1.29 is 4.79 Å². The molecule has 2 atom stereocenters. The van der Waals surface area contributed by atoms with Crippen LogP contribution >= 0.6 is 0 Å². The zero-order chi connectivity index (χ0) is 14.0.